The van der Waals surface area contributed by atoms with E-state index < -0.39 is 10.0 Å². The number of H-pyrrole nitrogens is 1. The number of sulfonamides is 1. The first-order valence-electron chi connectivity index (χ1n) is 6.89. The Balaban J connectivity index is 2.02. The van der Waals surface area contributed by atoms with Gasteiger partial charge >= 0.3 is 0 Å². The summed E-state index contributed by atoms with van der Waals surface area (Å²) in [5.41, 5.74) is 7.10. The molecule has 1 fully saturated rings. The lowest BCUT2D eigenvalue weighted by Gasteiger charge is -2.15. The van der Waals surface area contributed by atoms with Crippen LogP contribution in [0.25, 0.3) is 10.9 Å². The standard InChI is InChI=1S/C14H19N3O2S/c1-2-10-5-6-17(9-10)20(18,19)14-8-16-13-7-11(15)3-4-12(13)14/h3-4,7-8,10,16H,2,5-6,9,15H2,1H3. The summed E-state index contributed by atoms with van der Waals surface area (Å²) >= 11 is 0. The minimum atomic E-state index is -3.42. The van der Waals surface area contributed by atoms with Gasteiger partial charge in [0.05, 0.1) is 0 Å². The van der Waals surface area contributed by atoms with Crippen LogP contribution in [0.5, 0.6) is 0 Å². The number of aromatic amines is 1. The molecule has 0 spiro atoms. The van der Waals surface area contributed by atoms with Crippen molar-refractivity contribution in [2.45, 2.75) is 24.7 Å². The third kappa shape index (κ3) is 2.09. The molecule has 0 saturated carbocycles. The quantitative estimate of drug-likeness (QED) is 0.851. The predicted molar refractivity (Wildman–Crippen MR) is 79.9 cm³/mol. The summed E-state index contributed by atoms with van der Waals surface area (Å²) in [7, 11) is -3.42. The first-order chi connectivity index (χ1) is 9.52. The molecule has 5 nitrogen and oxygen atoms in total. The van der Waals surface area contributed by atoms with E-state index in [0.717, 1.165) is 18.4 Å². The summed E-state index contributed by atoms with van der Waals surface area (Å²) in [5.74, 6) is 0.477. The predicted octanol–water partition coefficient (Wildman–Crippen LogP) is 2.17. The van der Waals surface area contributed by atoms with Gasteiger partial charge in [-0.3, -0.25) is 0 Å². The van der Waals surface area contributed by atoms with E-state index in [2.05, 4.69) is 11.9 Å². The number of nitrogens with two attached hydrogens (primary N) is 1. The van der Waals surface area contributed by atoms with Gasteiger partial charge in [-0.25, -0.2) is 8.42 Å². The highest BCUT2D eigenvalue weighted by atomic mass is 32.2. The highest BCUT2D eigenvalue weighted by Crippen LogP contribution is 2.30. The van der Waals surface area contributed by atoms with E-state index in [1.165, 1.54) is 0 Å². The van der Waals surface area contributed by atoms with Crippen LogP contribution < -0.4 is 5.73 Å². The fourth-order valence-electron chi connectivity index (χ4n) is 2.82. The van der Waals surface area contributed by atoms with Crippen molar-refractivity contribution in [3.63, 3.8) is 0 Å². The Morgan fingerprint density at radius 1 is 1.45 bits per heavy atom. The lowest BCUT2D eigenvalue weighted by molar-refractivity contribution is 0.453. The number of aromatic nitrogens is 1. The Morgan fingerprint density at radius 2 is 2.25 bits per heavy atom. The van der Waals surface area contributed by atoms with Crippen LogP contribution in [0.3, 0.4) is 0 Å². The van der Waals surface area contributed by atoms with E-state index in [9.17, 15) is 8.42 Å². The number of rotatable bonds is 3. The van der Waals surface area contributed by atoms with Gasteiger partial charge in [0.15, 0.2) is 0 Å². The molecule has 1 saturated heterocycles. The molecule has 3 rings (SSSR count). The van der Waals surface area contributed by atoms with Gasteiger partial charge in [0.2, 0.25) is 10.0 Å². The fraction of sp³-hybridized carbons (Fsp3) is 0.429. The Morgan fingerprint density at radius 3 is 2.95 bits per heavy atom. The molecular weight excluding hydrogens is 274 g/mol. The summed E-state index contributed by atoms with van der Waals surface area (Å²) in [6, 6.07) is 5.25. The zero-order chi connectivity index (χ0) is 14.3. The van der Waals surface area contributed by atoms with E-state index >= 15 is 0 Å². The molecule has 1 aromatic carbocycles. The summed E-state index contributed by atoms with van der Waals surface area (Å²) in [6.45, 7) is 3.35. The number of nitrogens with one attached hydrogen (secondary N) is 1. The van der Waals surface area contributed by atoms with Crippen LogP contribution in [-0.2, 0) is 10.0 Å². The van der Waals surface area contributed by atoms with Gasteiger partial charge in [-0.2, -0.15) is 4.31 Å². The maximum Gasteiger partial charge on any atom is 0.245 e. The van der Waals surface area contributed by atoms with Crippen molar-refractivity contribution in [3.05, 3.63) is 24.4 Å². The van der Waals surface area contributed by atoms with Crippen molar-refractivity contribution >= 4 is 26.6 Å². The average molecular weight is 293 g/mol. The molecule has 1 atom stereocenters. The van der Waals surface area contributed by atoms with E-state index in [0.29, 0.717) is 35.0 Å². The second-order valence-electron chi connectivity index (χ2n) is 5.38. The molecule has 3 N–H and O–H groups in total. The van der Waals surface area contributed by atoms with E-state index in [4.69, 9.17) is 5.73 Å². The van der Waals surface area contributed by atoms with Gasteiger partial charge in [-0.1, -0.05) is 13.3 Å². The van der Waals surface area contributed by atoms with Crippen LogP contribution >= 0.6 is 0 Å². The van der Waals surface area contributed by atoms with E-state index in [1.807, 2.05) is 0 Å². The molecule has 1 unspecified atom stereocenters. The average Bonchev–Trinajstić information content (AvgIpc) is 3.04. The largest absolute Gasteiger partial charge is 0.399 e. The minimum absolute atomic E-state index is 0.351. The second kappa shape index (κ2) is 4.79. The number of nitrogen functional groups attached to an aromatic ring is 1. The van der Waals surface area contributed by atoms with Gasteiger partial charge in [0.1, 0.15) is 4.90 Å². The number of hydrogen-bond donors (Lipinski definition) is 2. The van der Waals surface area contributed by atoms with Gasteiger partial charge in [-0.05, 0) is 30.5 Å². The molecule has 1 aliphatic heterocycles. The number of fused-ring (bicyclic) bond motifs is 1. The van der Waals surface area contributed by atoms with Gasteiger partial charge < -0.3 is 10.7 Å². The lowest BCUT2D eigenvalue weighted by Crippen LogP contribution is -2.28. The lowest BCUT2D eigenvalue weighted by atomic mass is 10.1. The smallest absolute Gasteiger partial charge is 0.245 e. The second-order valence-corrected chi connectivity index (χ2v) is 7.29. The van der Waals surface area contributed by atoms with Gasteiger partial charge in [0.25, 0.3) is 0 Å². The summed E-state index contributed by atoms with van der Waals surface area (Å²) in [4.78, 5) is 3.35. The first-order valence-corrected chi connectivity index (χ1v) is 8.33. The van der Waals surface area contributed by atoms with Crippen LogP contribution in [-0.4, -0.2) is 30.8 Å². The van der Waals surface area contributed by atoms with Crippen LogP contribution in [0.2, 0.25) is 0 Å². The maximum absolute atomic E-state index is 12.7. The molecule has 20 heavy (non-hydrogen) atoms. The van der Waals surface area contributed by atoms with E-state index in [1.54, 1.807) is 28.7 Å². The normalized spacial score (nSPS) is 20.8. The number of nitrogens with zero attached hydrogens (tertiary/aromatic N) is 1. The molecule has 6 heteroatoms. The van der Waals surface area contributed by atoms with Crippen molar-refractivity contribution in [2.75, 3.05) is 18.8 Å². The molecule has 1 aromatic heterocycles. The number of hydrogen-bond acceptors (Lipinski definition) is 3. The van der Waals surface area contributed by atoms with E-state index in [-0.39, 0.29) is 0 Å². The van der Waals surface area contributed by atoms with Crippen molar-refractivity contribution < 1.29 is 8.42 Å². The molecule has 1 aliphatic rings. The highest BCUT2D eigenvalue weighted by molar-refractivity contribution is 7.89. The SMILES string of the molecule is CCC1CCN(S(=O)(=O)c2c[nH]c3cc(N)ccc23)C1. The Kier molecular flexibility index (Phi) is 3.22. The summed E-state index contributed by atoms with van der Waals surface area (Å²) in [5, 5.41) is 0.708. The minimum Gasteiger partial charge on any atom is -0.399 e. The van der Waals surface area contributed by atoms with Crippen molar-refractivity contribution in [1.82, 2.24) is 9.29 Å². The number of anilines is 1. The van der Waals surface area contributed by atoms with Crippen molar-refractivity contribution in [2.24, 2.45) is 5.92 Å². The molecular formula is C14H19N3O2S. The fourth-order valence-corrected chi connectivity index (χ4v) is 4.51. The van der Waals surface area contributed by atoms with Crippen molar-refractivity contribution in [1.29, 1.82) is 0 Å². The number of benzene rings is 1. The van der Waals surface area contributed by atoms with Crippen LogP contribution in [0.1, 0.15) is 19.8 Å². The monoisotopic (exact) mass is 293 g/mol. The molecule has 0 bridgehead atoms. The van der Waals surface area contributed by atoms with Crippen LogP contribution in [0.4, 0.5) is 5.69 Å². The topological polar surface area (TPSA) is 79.2 Å². The highest BCUT2D eigenvalue weighted by Gasteiger charge is 2.33. The Labute approximate surface area is 118 Å². The molecule has 0 radical (unpaired) electrons. The summed E-state index contributed by atoms with van der Waals surface area (Å²) in [6.07, 6.45) is 3.54. The third-order valence-corrected chi connectivity index (χ3v) is 6.02. The first kappa shape index (κ1) is 13.5. The molecule has 2 aromatic rings. The molecule has 108 valence electrons. The van der Waals surface area contributed by atoms with Crippen LogP contribution in [0, 0.1) is 5.92 Å². The van der Waals surface area contributed by atoms with Crippen LogP contribution in [0.15, 0.2) is 29.3 Å². The molecule has 0 aliphatic carbocycles. The van der Waals surface area contributed by atoms with Gasteiger partial charge in [0, 0.05) is 35.9 Å². The Hall–Kier alpha value is -1.53. The Bertz CT molecular complexity index is 736. The van der Waals surface area contributed by atoms with Crippen molar-refractivity contribution in [3.8, 4) is 0 Å². The zero-order valence-corrected chi connectivity index (χ0v) is 12.3. The van der Waals surface area contributed by atoms with Gasteiger partial charge in [-0.15, -0.1) is 0 Å². The molecule has 2 heterocycles. The zero-order valence-electron chi connectivity index (χ0n) is 11.5. The third-order valence-electron chi connectivity index (χ3n) is 4.11. The molecule has 0 amide bonds. The summed E-state index contributed by atoms with van der Waals surface area (Å²) < 4.78 is 27.1. The maximum atomic E-state index is 12.7.